The Hall–Kier alpha value is -4.14. The first kappa shape index (κ1) is 25.5. The van der Waals surface area contributed by atoms with Crippen LogP contribution in [0.4, 0.5) is 10.5 Å². The molecule has 1 saturated carbocycles. The van der Waals surface area contributed by atoms with Gasteiger partial charge in [-0.25, -0.2) is 9.48 Å². The van der Waals surface area contributed by atoms with Crippen LogP contribution in [0.1, 0.15) is 65.7 Å². The molecule has 1 aliphatic heterocycles. The SMILES string of the molecule is COc1ccc(-n2nc(C=O)c3c2C(=O)N(c2ccc(C4(N(C)C(=O)OC(C)(C)C)CC4)cc2)CC3)cc1. The Morgan fingerprint density at radius 2 is 1.68 bits per heavy atom. The molecule has 2 heterocycles. The second-order valence-corrected chi connectivity index (χ2v) is 10.8. The molecule has 2 aromatic carbocycles. The second kappa shape index (κ2) is 9.31. The molecule has 0 bridgehead atoms. The second-order valence-electron chi connectivity index (χ2n) is 10.8. The molecule has 0 N–H and O–H groups in total. The van der Waals surface area contributed by atoms with Crippen LogP contribution in [-0.2, 0) is 16.7 Å². The molecule has 198 valence electrons. The van der Waals surface area contributed by atoms with Crippen LogP contribution in [0.5, 0.6) is 5.75 Å². The molecule has 0 spiro atoms. The molecule has 2 aliphatic rings. The van der Waals surface area contributed by atoms with Crippen molar-refractivity contribution in [1.29, 1.82) is 0 Å². The Morgan fingerprint density at radius 1 is 1.05 bits per heavy atom. The molecular weight excluding hydrogens is 484 g/mol. The minimum absolute atomic E-state index is 0.220. The lowest BCUT2D eigenvalue weighted by molar-refractivity contribution is 0.0189. The Kier molecular flexibility index (Phi) is 6.25. The lowest BCUT2D eigenvalue weighted by atomic mass is 10.0. The molecular formula is C29H32N4O5. The average Bonchev–Trinajstić information content (AvgIpc) is 3.62. The summed E-state index contributed by atoms with van der Waals surface area (Å²) in [5.41, 5.74) is 2.77. The van der Waals surface area contributed by atoms with E-state index in [1.165, 1.54) is 4.68 Å². The van der Waals surface area contributed by atoms with E-state index in [-0.39, 0.29) is 17.7 Å². The monoisotopic (exact) mass is 516 g/mol. The van der Waals surface area contributed by atoms with Crippen molar-refractivity contribution in [3.63, 3.8) is 0 Å². The summed E-state index contributed by atoms with van der Waals surface area (Å²) in [6.45, 7) is 6.00. The molecule has 0 unspecified atom stereocenters. The normalized spacial score (nSPS) is 16.0. The lowest BCUT2D eigenvalue weighted by Crippen LogP contribution is -2.41. The number of carbonyl (C=O) groups is 3. The Labute approximate surface area is 221 Å². The molecule has 1 fully saturated rings. The number of nitrogens with zero attached hydrogens (tertiary/aromatic N) is 4. The fraction of sp³-hybridized carbons (Fsp3) is 0.379. The highest BCUT2D eigenvalue weighted by atomic mass is 16.6. The molecule has 3 aromatic rings. The number of fused-ring (bicyclic) bond motifs is 1. The molecule has 0 saturated heterocycles. The van der Waals surface area contributed by atoms with Gasteiger partial charge in [-0.15, -0.1) is 0 Å². The third-order valence-electron chi connectivity index (χ3n) is 7.23. The van der Waals surface area contributed by atoms with Gasteiger partial charge >= 0.3 is 6.09 Å². The number of amides is 2. The van der Waals surface area contributed by atoms with E-state index >= 15 is 0 Å². The number of aromatic nitrogens is 2. The van der Waals surface area contributed by atoms with Gasteiger partial charge in [0.15, 0.2) is 6.29 Å². The van der Waals surface area contributed by atoms with Gasteiger partial charge in [0.2, 0.25) is 0 Å². The van der Waals surface area contributed by atoms with E-state index in [4.69, 9.17) is 9.47 Å². The summed E-state index contributed by atoms with van der Waals surface area (Å²) in [7, 11) is 3.36. The molecule has 1 aromatic heterocycles. The number of aldehydes is 1. The predicted molar refractivity (Wildman–Crippen MR) is 142 cm³/mol. The fourth-order valence-electron chi connectivity index (χ4n) is 5.03. The number of ether oxygens (including phenoxy) is 2. The number of hydrogen-bond acceptors (Lipinski definition) is 6. The number of rotatable bonds is 6. The van der Waals surface area contributed by atoms with Crippen molar-refractivity contribution >= 4 is 24.0 Å². The van der Waals surface area contributed by atoms with Gasteiger partial charge in [0.1, 0.15) is 22.7 Å². The van der Waals surface area contributed by atoms with Crippen LogP contribution in [-0.4, -0.2) is 59.3 Å². The van der Waals surface area contributed by atoms with Crippen LogP contribution in [0.3, 0.4) is 0 Å². The third-order valence-corrected chi connectivity index (χ3v) is 7.23. The zero-order valence-corrected chi connectivity index (χ0v) is 22.4. The summed E-state index contributed by atoms with van der Waals surface area (Å²) >= 11 is 0. The summed E-state index contributed by atoms with van der Waals surface area (Å²) in [4.78, 5) is 41.6. The average molecular weight is 517 g/mol. The van der Waals surface area contributed by atoms with Crippen molar-refractivity contribution in [2.24, 2.45) is 0 Å². The Morgan fingerprint density at radius 3 is 2.24 bits per heavy atom. The predicted octanol–water partition coefficient (Wildman–Crippen LogP) is 4.75. The van der Waals surface area contributed by atoms with Crippen molar-refractivity contribution in [2.75, 3.05) is 25.6 Å². The minimum atomic E-state index is -0.569. The van der Waals surface area contributed by atoms with Gasteiger partial charge in [-0.3, -0.25) is 9.59 Å². The smallest absolute Gasteiger partial charge is 0.410 e. The molecule has 2 amide bonds. The molecule has 38 heavy (non-hydrogen) atoms. The van der Waals surface area contributed by atoms with E-state index < -0.39 is 11.1 Å². The first-order valence-corrected chi connectivity index (χ1v) is 12.7. The van der Waals surface area contributed by atoms with Crippen molar-refractivity contribution in [3.8, 4) is 11.4 Å². The molecule has 1 aliphatic carbocycles. The largest absolute Gasteiger partial charge is 0.497 e. The van der Waals surface area contributed by atoms with Gasteiger partial charge < -0.3 is 19.3 Å². The topological polar surface area (TPSA) is 94.0 Å². The minimum Gasteiger partial charge on any atom is -0.497 e. The van der Waals surface area contributed by atoms with Gasteiger partial charge in [-0.05, 0) is 82.0 Å². The summed E-state index contributed by atoms with van der Waals surface area (Å²) in [5.74, 6) is 0.464. The van der Waals surface area contributed by atoms with Crippen LogP contribution in [0, 0.1) is 0 Å². The van der Waals surface area contributed by atoms with Crippen molar-refractivity contribution in [1.82, 2.24) is 14.7 Å². The van der Waals surface area contributed by atoms with Crippen molar-refractivity contribution < 1.29 is 23.9 Å². The summed E-state index contributed by atoms with van der Waals surface area (Å²) in [6, 6.07) is 15.0. The number of methoxy groups -OCH3 is 1. The molecule has 9 nitrogen and oxygen atoms in total. The maximum absolute atomic E-state index is 13.7. The first-order chi connectivity index (χ1) is 18.1. The van der Waals surface area contributed by atoms with E-state index in [9.17, 15) is 14.4 Å². The third kappa shape index (κ3) is 4.42. The Balaban J connectivity index is 1.41. The maximum atomic E-state index is 13.7. The van der Waals surface area contributed by atoms with Crippen LogP contribution in [0.25, 0.3) is 5.69 Å². The molecule has 5 rings (SSSR count). The van der Waals surface area contributed by atoms with Crippen molar-refractivity contribution in [3.05, 3.63) is 71.0 Å². The van der Waals surface area contributed by atoms with Gasteiger partial charge in [-0.2, -0.15) is 5.10 Å². The van der Waals surface area contributed by atoms with Crippen LogP contribution in [0.2, 0.25) is 0 Å². The Bertz CT molecular complexity index is 1380. The number of benzene rings is 2. The summed E-state index contributed by atoms with van der Waals surface area (Å²) < 4.78 is 12.4. The fourth-order valence-corrected chi connectivity index (χ4v) is 5.03. The van der Waals surface area contributed by atoms with E-state index in [1.54, 1.807) is 48.2 Å². The number of anilines is 1. The maximum Gasteiger partial charge on any atom is 0.410 e. The number of hydrogen-bond donors (Lipinski definition) is 0. The quantitative estimate of drug-likeness (QED) is 0.439. The summed E-state index contributed by atoms with van der Waals surface area (Å²) in [5, 5.41) is 4.44. The van der Waals surface area contributed by atoms with Crippen molar-refractivity contribution in [2.45, 2.75) is 51.2 Å². The van der Waals surface area contributed by atoms with Gasteiger partial charge in [-0.1, -0.05) is 12.1 Å². The van der Waals surface area contributed by atoms with Crippen LogP contribution in [0.15, 0.2) is 48.5 Å². The zero-order valence-electron chi connectivity index (χ0n) is 22.4. The highest BCUT2D eigenvalue weighted by Crippen LogP contribution is 2.51. The van der Waals surface area contributed by atoms with E-state index in [0.29, 0.717) is 41.9 Å². The highest BCUT2D eigenvalue weighted by Gasteiger charge is 2.51. The lowest BCUT2D eigenvalue weighted by Gasteiger charge is -2.32. The standard InChI is InChI=1S/C29H32N4O5/c1-28(2,3)38-27(36)31(4)29(15-16-29)19-6-8-20(9-7-19)32-17-14-23-24(18-34)30-33(25(23)26(32)35)21-10-12-22(37-5)13-11-21/h6-13,18H,14-17H2,1-5H3. The van der Waals surface area contributed by atoms with E-state index in [0.717, 1.165) is 24.1 Å². The molecule has 0 atom stereocenters. The number of carbonyl (C=O) groups excluding carboxylic acids is 3. The molecule has 9 heteroatoms. The van der Waals surface area contributed by atoms with Crippen LogP contribution < -0.4 is 9.64 Å². The van der Waals surface area contributed by atoms with Gasteiger partial charge in [0.25, 0.3) is 5.91 Å². The van der Waals surface area contributed by atoms with Gasteiger partial charge in [0.05, 0.1) is 18.3 Å². The van der Waals surface area contributed by atoms with Crippen LogP contribution >= 0.6 is 0 Å². The highest BCUT2D eigenvalue weighted by molar-refractivity contribution is 6.08. The zero-order chi connectivity index (χ0) is 27.2. The van der Waals surface area contributed by atoms with E-state index in [1.807, 2.05) is 45.0 Å². The van der Waals surface area contributed by atoms with Gasteiger partial charge in [0, 0.05) is 24.8 Å². The summed E-state index contributed by atoms with van der Waals surface area (Å²) in [6.07, 6.45) is 2.56. The first-order valence-electron chi connectivity index (χ1n) is 12.7. The molecule has 0 radical (unpaired) electrons. The van der Waals surface area contributed by atoms with E-state index in [2.05, 4.69) is 5.10 Å².